The Labute approximate surface area is 180 Å². The monoisotopic (exact) mass is 433 g/mol. The van der Waals surface area contributed by atoms with Gasteiger partial charge in [-0.15, -0.1) is 4.37 Å². The van der Waals surface area contributed by atoms with Crippen LogP contribution in [0.15, 0.2) is 24.3 Å². The van der Waals surface area contributed by atoms with Gasteiger partial charge in [-0.05, 0) is 50.4 Å². The van der Waals surface area contributed by atoms with Gasteiger partial charge in [-0.3, -0.25) is 0 Å². The van der Waals surface area contributed by atoms with Gasteiger partial charge < -0.3 is 19.8 Å². The van der Waals surface area contributed by atoms with E-state index in [0.717, 1.165) is 31.6 Å². The van der Waals surface area contributed by atoms with Crippen LogP contribution in [0, 0.1) is 13.8 Å². The SMILES string of the molecule is CCC(Oc1nsnc1C1=CCCN(C)C1)c1cc(C)ccc1C.O=C(O)C(=O)O. The molecule has 1 aliphatic heterocycles. The summed E-state index contributed by atoms with van der Waals surface area (Å²) in [5, 5.41) is 14.8. The van der Waals surface area contributed by atoms with E-state index in [2.05, 4.69) is 65.7 Å². The minimum absolute atomic E-state index is 0.00877. The fourth-order valence-electron chi connectivity index (χ4n) is 3.13. The third kappa shape index (κ3) is 6.36. The maximum Gasteiger partial charge on any atom is 0.414 e. The molecule has 1 unspecified atom stereocenters. The molecule has 0 saturated heterocycles. The van der Waals surface area contributed by atoms with Crippen molar-refractivity contribution in [2.45, 2.75) is 39.7 Å². The summed E-state index contributed by atoms with van der Waals surface area (Å²) in [5.74, 6) is -2.97. The number of benzene rings is 1. The van der Waals surface area contributed by atoms with E-state index in [4.69, 9.17) is 24.5 Å². The Morgan fingerprint density at radius 3 is 2.53 bits per heavy atom. The zero-order valence-corrected chi connectivity index (χ0v) is 18.4. The third-order valence-corrected chi connectivity index (χ3v) is 5.21. The van der Waals surface area contributed by atoms with E-state index < -0.39 is 11.9 Å². The minimum Gasteiger partial charge on any atom is -0.473 e. The van der Waals surface area contributed by atoms with Crippen LogP contribution in [0.5, 0.6) is 5.88 Å². The molecule has 0 aliphatic carbocycles. The summed E-state index contributed by atoms with van der Waals surface area (Å²) in [5.41, 5.74) is 5.89. The number of hydrogen-bond donors (Lipinski definition) is 2. The van der Waals surface area contributed by atoms with Crippen LogP contribution in [0.4, 0.5) is 0 Å². The lowest BCUT2D eigenvalue weighted by Gasteiger charge is -2.23. The van der Waals surface area contributed by atoms with Crippen molar-refractivity contribution in [3.8, 4) is 5.88 Å². The first kappa shape index (κ1) is 23.5. The van der Waals surface area contributed by atoms with Gasteiger partial charge in [-0.1, -0.05) is 36.8 Å². The highest BCUT2D eigenvalue weighted by Crippen LogP contribution is 2.32. The Kier molecular flexibility index (Phi) is 8.49. The minimum atomic E-state index is -1.82. The number of carboxylic acid groups (broad SMARTS) is 2. The molecule has 2 N–H and O–H groups in total. The average Bonchev–Trinajstić information content (AvgIpc) is 3.17. The highest BCUT2D eigenvalue weighted by Gasteiger charge is 2.22. The topological polar surface area (TPSA) is 113 Å². The van der Waals surface area contributed by atoms with Crippen LogP contribution in [0.3, 0.4) is 0 Å². The van der Waals surface area contributed by atoms with Crippen LogP contribution in [-0.2, 0) is 9.59 Å². The molecule has 1 aromatic carbocycles. The van der Waals surface area contributed by atoms with Crippen LogP contribution in [0.1, 0.15) is 48.3 Å². The van der Waals surface area contributed by atoms with Crippen molar-refractivity contribution in [2.24, 2.45) is 0 Å². The van der Waals surface area contributed by atoms with E-state index in [-0.39, 0.29) is 6.10 Å². The molecule has 0 fully saturated rings. The molecular formula is C21H27N3O5S. The number of rotatable bonds is 5. The molecule has 0 saturated carbocycles. The average molecular weight is 434 g/mol. The number of carbonyl (C=O) groups is 2. The molecular weight excluding hydrogens is 406 g/mol. The second kappa shape index (κ2) is 10.8. The third-order valence-electron chi connectivity index (χ3n) is 4.69. The van der Waals surface area contributed by atoms with Crippen LogP contribution in [-0.4, -0.2) is 55.9 Å². The maximum atomic E-state index is 9.10. The summed E-state index contributed by atoms with van der Waals surface area (Å²) >= 11 is 1.23. The first-order valence-electron chi connectivity index (χ1n) is 9.63. The molecule has 1 aliphatic rings. The zero-order valence-electron chi connectivity index (χ0n) is 17.6. The maximum absolute atomic E-state index is 9.10. The van der Waals surface area contributed by atoms with Gasteiger partial charge in [0.15, 0.2) is 0 Å². The lowest BCUT2D eigenvalue weighted by Crippen LogP contribution is -2.25. The molecule has 0 radical (unpaired) electrons. The summed E-state index contributed by atoms with van der Waals surface area (Å²) in [6, 6.07) is 6.52. The fourth-order valence-corrected chi connectivity index (χ4v) is 3.65. The number of carboxylic acids is 2. The largest absolute Gasteiger partial charge is 0.473 e. The molecule has 1 atom stereocenters. The van der Waals surface area contributed by atoms with Crippen LogP contribution in [0.2, 0.25) is 0 Å². The number of aliphatic carboxylic acids is 2. The van der Waals surface area contributed by atoms with Gasteiger partial charge in [0.25, 0.3) is 5.88 Å². The van der Waals surface area contributed by atoms with Crippen molar-refractivity contribution >= 4 is 29.2 Å². The van der Waals surface area contributed by atoms with Crippen molar-refractivity contribution in [1.82, 2.24) is 13.6 Å². The fraction of sp³-hybridized carbons (Fsp3) is 0.429. The lowest BCUT2D eigenvalue weighted by atomic mass is 9.99. The molecule has 0 amide bonds. The van der Waals surface area contributed by atoms with Gasteiger partial charge in [-0.25, -0.2) is 9.59 Å². The highest BCUT2D eigenvalue weighted by molar-refractivity contribution is 6.99. The zero-order chi connectivity index (χ0) is 22.3. The first-order valence-corrected chi connectivity index (χ1v) is 10.4. The Morgan fingerprint density at radius 2 is 1.93 bits per heavy atom. The first-order chi connectivity index (χ1) is 14.2. The van der Waals surface area contributed by atoms with Crippen molar-refractivity contribution in [2.75, 3.05) is 20.1 Å². The van der Waals surface area contributed by atoms with Crippen LogP contribution in [0.25, 0.3) is 5.57 Å². The van der Waals surface area contributed by atoms with Crippen molar-refractivity contribution < 1.29 is 24.5 Å². The second-order valence-corrected chi connectivity index (χ2v) is 7.69. The van der Waals surface area contributed by atoms with Crippen LogP contribution < -0.4 is 4.74 Å². The lowest BCUT2D eigenvalue weighted by molar-refractivity contribution is -0.159. The normalized spacial score (nSPS) is 14.9. The number of likely N-dealkylation sites (N-methyl/N-ethyl adjacent to an activating group) is 1. The quantitative estimate of drug-likeness (QED) is 0.688. The van der Waals surface area contributed by atoms with E-state index in [1.54, 1.807) is 0 Å². The predicted molar refractivity (Wildman–Crippen MR) is 115 cm³/mol. The van der Waals surface area contributed by atoms with Gasteiger partial charge in [0, 0.05) is 13.1 Å². The number of aromatic nitrogens is 2. The van der Waals surface area contributed by atoms with Crippen molar-refractivity contribution in [1.29, 1.82) is 0 Å². The van der Waals surface area contributed by atoms with Crippen molar-refractivity contribution in [3.05, 3.63) is 46.7 Å². The summed E-state index contributed by atoms with van der Waals surface area (Å²) < 4.78 is 15.3. The van der Waals surface area contributed by atoms with E-state index in [9.17, 15) is 0 Å². The molecule has 0 spiro atoms. The predicted octanol–water partition coefficient (Wildman–Crippen LogP) is 3.56. The van der Waals surface area contributed by atoms with Gasteiger partial charge in [0.2, 0.25) is 0 Å². The molecule has 2 aromatic rings. The van der Waals surface area contributed by atoms with Gasteiger partial charge in [0.1, 0.15) is 11.8 Å². The van der Waals surface area contributed by atoms with Crippen LogP contribution >= 0.6 is 11.7 Å². The summed E-state index contributed by atoms with van der Waals surface area (Å²) in [6.45, 7) is 8.41. The molecule has 3 rings (SSSR count). The van der Waals surface area contributed by atoms with Gasteiger partial charge >= 0.3 is 11.9 Å². The molecule has 2 heterocycles. The Morgan fingerprint density at radius 1 is 1.23 bits per heavy atom. The Balaban J connectivity index is 0.000000469. The van der Waals surface area contributed by atoms with E-state index in [1.165, 1.54) is 34.0 Å². The summed E-state index contributed by atoms with van der Waals surface area (Å²) in [7, 11) is 2.14. The van der Waals surface area contributed by atoms with Gasteiger partial charge in [0.05, 0.1) is 11.7 Å². The number of nitrogens with zero attached hydrogens (tertiary/aromatic N) is 3. The summed E-state index contributed by atoms with van der Waals surface area (Å²) in [4.78, 5) is 20.5. The molecule has 1 aromatic heterocycles. The molecule has 30 heavy (non-hydrogen) atoms. The van der Waals surface area contributed by atoms with E-state index in [0.29, 0.717) is 5.88 Å². The molecule has 8 nitrogen and oxygen atoms in total. The molecule has 0 bridgehead atoms. The highest BCUT2D eigenvalue weighted by atomic mass is 32.1. The molecule has 162 valence electrons. The number of ether oxygens (including phenoxy) is 1. The molecule has 9 heteroatoms. The van der Waals surface area contributed by atoms with Crippen molar-refractivity contribution in [3.63, 3.8) is 0 Å². The smallest absolute Gasteiger partial charge is 0.414 e. The number of hydrogen-bond acceptors (Lipinski definition) is 7. The summed E-state index contributed by atoms with van der Waals surface area (Å²) in [6.07, 6.45) is 4.23. The van der Waals surface area contributed by atoms with Gasteiger partial charge in [-0.2, -0.15) is 4.37 Å². The Hall–Kier alpha value is -2.78. The van der Waals surface area contributed by atoms with E-state index >= 15 is 0 Å². The Bertz CT molecular complexity index is 913. The number of aryl methyl sites for hydroxylation is 2. The standard InChI is InChI=1S/C19H25N3OS.C2H2O4/c1-5-17(16-11-13(2)8-9-14(16)3)23-19-18(20-24-21-19)15-7-6-10-22(4)12-15;3-1(4)2(5)6/h7-9,11,17H,5-6,10,12H2,1-4H3;(H,3,4)(H,5,6). The second-order valence-electron chi connectivity index (χ2n) is 7.16. The van der Waals surface area contributed by atoms with E-state index in [1.807, 2.05) is 0 Å².